The van der Waals surface area contributed by atoms with Crippen LogP contribution in [0.4, 0.5) is 0 Å². The van der Waals surface area contributed by atoms with Crippen LogP contribution in [0.25, 0.3) is 0 Å². The fraction of sp³-hybridized carbons (Fsp3) is 1.00. The van der Waals surface area contributed by atoms with Gasteiger partial charge in [0, 0.05) is 0 Å². The summed E-state index contributed by atoms with van der Waals surface area (Å²) in [4.78, 5) is 0. The van der Waals surface area contributed by atoms with Crippen LogP contribution in [0, 0.1) is 11.3 Å². The van der Waals surface area contributed by atoms with Gasteiger partial charge in [-0.05, 0) is 17.8 Å². The Bertz CT molecular complexity index is 122. The molecular formula is C14H30. The van der Waals surface area contributed by atoms with Crippen LogP contribution in [0.5, 0.6) is 0 Å². The molecule has 0 nitrogen and oxygen atoms in total. The van der Waals surface area contributed by atoms with E-state index in [4.69, 9.17) is 0 Å². The molecule has 0 spiro atoms. The topological polar surface area (TPSA) is 0 Å². The third-order valence-corrected chi connectivity index (χ3v) is 3.74. The summed E-state index contributed by atoms with van der Waals surface area (Å²) in [6.45, 7) is 11.8. The molecule has 14 heavy (non-hydrogen) atoms. The first kappa shape index (κ1) is 14.0. The summed E-state index contributed by atoms with van der Waals surface area (Å²) in [7, 11) is 0. The van der Waals surface area contributed by atoms with E-state index >= 15 is 0 Å². The first-order valence-electron chi connectivity index (χ1n) is 6.50. The highest BCUT2D eigenvalue weighted by molar-refractivity contribution is 4.71. The Hall–Kier alpha value is 0. The van der Waals surface area contributed by atoms with E-state index in [1.165, 1.54) is 44.9 Å². The van der Waals surface area contributed by atoms with Crippen LogP contribution in [-0.4, -0.2) is 0 Å². The van der Waals surface area contributed by atoms with Crippen molar-refractivity contribution in [3.05, 3.63) is 0 Å². The molecule has 0 aliphatic carbocycles. The van der Waals surface area contributed by atoms with Crippen LogP contribution >= 0.6 is 0 Å². The van der Waals surface area contributed by atoms with E-state index < -0.39 is 0 Å². The van der Waals surface area contributed by atoms with Crippen molar-refractivity contribution in [3.63, 3.8) is 0 Å². The van der Waals surface area contributed by atoms with E-state index in [1.807, 2.05) is 0 Å². The first-order chi connectivity index (χ1) is 6.50. The normalized spacial score (nSPS) is 12.4. The van der Waals surface area contributed by atoms with E-state index in [-0.39, 0.29) is 0 Å². The maximum absolute atomic E-state index is 2.41. The molecule has 0 atom stereocenters. The maximum atomic E-state index is 2.41. The number of hydrogen-bond donors (Lipinski definition) is 0. The number of rotatable bonds is 8. The van der Waals surface area contributed by atoms with Gasteiger partial charge in [-0.25, -0.2) is 0 Å². The van der Waals surface area contributed by atoms with Crippen molar-refractivity contribution < 1.29 is 0 Å². The summed E-state index contributed by atoms with van der Waals surface area (Å²) >= 11 is 0. The molecule has 0 unspecified atom stereocenters. The molecule has 0 saturated carbocycles. The van der Waals surface area contributed by atoms with Crippen LogP contribution in [-0.2, 0) is 0 Å². The summed E-state index contributed by atoms with van der Waals surface area (Å²) < 4.78 is 0. The minimum Gasteiger partial charge on any atom is -0.0654 e. The summed E-state index contributed by atoms with van der Waals surface area (Å²) in [5, 5.41) is 0. The fourth-order valence-corrected chi connectivity index (χ4v) is 1.65. The molecule has 0 aromatic rings. The average Bonchev–Trinajstić information content (AvgIpc) is 2.10. The van der Waals surface area contributed by atoms with Gasteiger partial charge in [0.2, 0.25) is 0 Å². The smallest absolute Gasteiger partial charge is 0.0331 e. The zero-order valence-corrected chi connectivity index (χ0v) is 11.0. The summed E-state index contributed by atoms with van der Waals surface area (Å²) in [6, 6.07) is 0. The maximum Gasteiger partial charge on any atom is -0.0331 e. The van der Waals surface area contributed by atoms with Gasteiger partial charge < -0.3 is 0 Å². The summed E-state index contributed by atoms with van der Waals surface area (Å²) in [6.07, 6.45) is 9.94. The first-order valence-corrected chi connectivity index (χ1v) is 6.50. The average molecular weight is 198 g/mol. The van der Waals surface area contributed by atoms with Gasteiger partial charge in [-0.1, -0.05) is 73.1 Å². The predicted molar refractivity (Wildman–Crippen MR) is 66.6 cm³/mol. The lowest BCUT2D eigenvalue weighted by Crippen LogP contribution is -2.18. The van der Waals surface area contributed by atoms with E-state index in [0.717, 1.165) is 5.92 Å². The summed E-state index contributed by atoms with van der Waals surface area (Å²) in [5.41, 5.74) is 0.546. The van der Waals surface area contributed by atoms with E-state index in [1.54, 1.807) is 0 Å². The minimum atomic E-state index is 0.546. The Morgan fingerprint density at radius 3 is 1.86 bits per heavy atom. The van der Waals surface area contributed by atoms with E-state index in [9.17, 15) is 0 Å². The largest absolute Gasteiger partial charge is 0.0654 e. The lowest BCUT2D eigenvalue weighted by atomic mass is 9.77. The molecular weight excluding hydrogens is 168 g/mol. The lowest BCUT2D eigenvalue weighted by molar-refractivity contribution is 0.221. The second-order valence-electron chi connectivity index (χ2n) is 5.66. The Morgan fingerprint density at radius 1 is 0.857 bits per heavy atom. The number of hydrogen-bond acceptors (Lipinski definition) is 0. The van der Waals surface area contributed by atoms with Crippen LogP contribution in [0.1, 0.15) is 79.6 Å². The zero-order chi connectivity index (χ0) is 11.0. The van der Waals surface area contributed by atoms with Crippen molar-refractivity contribution in [1.82, 2.24) is 0 Å². The predicted octanol–water partition coefficient (Wildman–Crippen LogP) is 5.42. The molecule has 0 aliphatic rings. The van der Waals surface area contributed by atoms with Gasteiger partial charge in [-0.3, -0.25) is 0 Å². The third-order valence-electron chi connectivity index (χ3n) is 3.74. The zero-order valence-electron chi connectivity index (χ0n) is 11.0. The second-order valence-corrected chi connectivity index (χ2v) is 5.66. The van der Waals surface area contributed by atoms with Crippen molar-refractivity contribution in [3.8, 4) is 0 Å². The SMILES string of the molecule is CCCCCCCCC(C)(C)C(C)C. The van der Waals surface area contributed by atoms with Crippen molar-refractivity contribution in [1.29, 1.82) is 0 Å². The van der Waals surface area contributed by atoms with E-state index in [2.05, 4.69) is 34.6 Å². The molecule has 0 aliphatic heterocycles. The van der Waals surface area contributed by atoms with Gasteiger partial charge in [0.05, 0.1) is 0 Å². The van der Waals surface area contributed by atoms with E-state index in [0.29, 0.717) is 5.41 Å². The van der Waals surface area contributed by atoms with Crippen LogP contribution in [0.2, 0.25) is 0 Å². The van der Waals surface area contributed by atoms with Gasteiger partial charge in [-0.15, -0.1) is 0 Å². The molecule has 0 radical (unpaired) electrons. The van der Waals surface area contributed by atoms with Crippen molar-refractivity contribution in [2.45, 2.75) is 79.6 Å². The Morgan fingerprint density at radius 2 is 1.36 bits per heavy atom. The van der Waals surface area contributed by atoms with Crippen LogP contribution in [0.3, 0.4) is 0 Å². The number of unbranched alkanes of at least 4 members (excludes halogenated alkanes) is 5. The molecule has 0 bridgehead atoms. The molecule has 86 valence electrons. The molecule has 0 aromatic carbocycles. The van der Waals surface area contributed by atoms with Gasteiger partial charge >= 0.3 is 0 Å². The van der Waals surface area contributed by atoms with Gasteiger partial charge in [-0.2, -0.15) is 0 Å². The van der Waals surface area contributed by atoms with Crippen LogP contribution in [0.15, 0.2) is 0 Å². The standard InChI is InChI=1S/C14H30/c1-6-7-8-9-10-11-12-14(4,5)13(2)3/h13H,6-12H2,1-5H3. The Kier molecular flexibility index (Phi) is 7.31. The monoisotopic (exact) mass is 198 g/mol. The highest BCUT2D eigenvalue weighted by Gasteiger charge is 2.20. The third kappa shape index (κ3) is 6.45. The molecule has 0 amide bonds. The van der Waals surface area contributed by atoms with Crippen LogP contribution < -0.4 is 0 Å². The highest BCUT2D eigenvalue weighted by atomic mass is 14.3. The van der Waals surface area contributed by atoms with Gasteiger partial charge in [0.25, 0.3) is 0 Å². The molecule has 0 heteroatoms. The molecule has 0 fully saturated rings. The molecule has 0 N–H and O–H groups in total. The Labute approximate surface area is 91.5 Å². The van der Waals surface area contributed by atoms with Gasteiger partial charge in [0.1, 0.15) is 0 Å². The molecule has 0 heterocycles. The highest BCUT2D eigenvalue weighted by Crippen LogP contribution is 2.32. The Balaban J connectivity index is 3.35. The summed E-state index contributed by atoms with van der Waals surface area (Å²) in [5.74, 6) is 0.818. The van der Waals surface area contributed by atoms with Gasteiger partial charge in [0.15, 0.2) is 0 Å². The van der Waals surface area contributed by atoms with Crippen molar-refractivity contribution >= 4 is 0 Å². The fourth-order valence-electron chi connectivity index (χ4n) is 1.65. The van der Waals surface area contributed by atoms with Crippen molar-refractivity contribution in [2.75, 3.05) is 0 Å². The second kappa shape index (κ2) is 7.31. The molecule has 0 rings (SSSR count). The minimum absolute atomic E-state index is 0.546. The molecule has 0 aromatic heterocycles. The molecule has 0 saturated heterocycles. The quantitative estimate of drug-likeness (QED) is 0.457. The lowest BCUT2D eigenvalue weighted by Gasteiger charge is -2.29. The van der Waals surface area contributed by atoms with Crippen molar-refractivity contribution in [2.24, 2.45) is 11.3 Å².